The van der Waals surface area contributed by atoms with Gasteiger partial charge >= 0.3 is 0 Å². The lowest BCUT2D eigenvalue weighted by atomic mass is 10.0. The summed E-state index contributed by atoms with van der Waals surface area (Å²) >= 11 is 0. The average molecular weight is 649 g/mol. The SMILES string of the molecule is Cc1ccn2nc(C(C)Nc3ncnc4[nH]cc(-c5cc(O)cc(NS(=O)(=O)c6ccc(O)cc6)c5)c34)n(-c3ccccc3)c(=O)c12. The lowest BCUT2D eigenvalue weighted by molar-refractivity contribution is 0.474. The van der Waals surface area contributed by atoms with Gasteiger partial charge in [0.15, 0.2) is 5.82 Å². The Morgan fingerprint density at radius 3 is 2.47 bits per heavy atom. The number of aromatic nitrogens is 6. The van der Waals surface area contributed by atoms with Crippen molar-refractivity contribution in [3.63, 3.8) is 0 Å². The molecule has 0 aliphatic rings. The number of H-pyrrole nitrogens is 1. The third-order valence-electron chi connectivity index (χ3n) is 7.77. The molecule has 0 spiro atoms. The molecule has 7 aromatic rings. The summed E-state index contributed by atoms with van der Waals surface area (Å²) in [5, 5.41) is 29.0. The Labute approximate surface area is 267 Å². The van der Waals surface area contributed by atoms with Crippen LogP contribution in [0.4, 0.5) is 11.5 Å². The van der Waals surface area contributed by atoms with E-state index in [-0.39, 0.29) is 27.6 Å². The van der Waals surface area contributed by atoms with E-state index in [1.54, 1.807) is 27.5 Å². The molecular formula is C33H28N8O5S. The summed E-state index contributed by atoms with van der Waals surface area (Å²) in [6, 6.07) is 20.1. The van der Waals surface area contributed by atoms with E-state index in [1.165, 1.54) is 42.7 Å². The van der Waals surface area contributed by atoms with Crippen molar-refractivity contribution in [1.82, 2.24) is 29.1 Å². The molecule has 0 saturated heterocycles. The summed E-state index contributed by atoms with van der Waals surface area (Å²) in [7, 11) is -4.03. The molecule has 0 bridgehead atoms. The van der Waals surface area contributed by atoms with Crippen LogP contribution in [0.3, 0.4) is 0 Å². The molecule has 13 nitrogen and oxygen atoms in total. The predicted octanol–water partition coefficient (Wildman–Crippen LogP) is 5.12. The molecule has 5 N–H and O–H groups in total. The summed E-state index contributed by atoms with van der Waals surface area (Å²) in [5.74, 6) is 0.622. The molecule has 0 amide bonds. The van der Waals surface area contributed by atoms with Gasteiger partial charge in [-0.05, 0) is 79.6 Å². The van der Waals surface area contributed by atoms with E-state index >= 15 is 0 Å². The fraction of sp³-hybridized carbons (Fsp3) is 0.0909. The maximum Gasteiger partial charge on any atom is 0.282 e. The predicted molar refractivity (Wildman–Crippen MR) is 177 cm³/mol. The van der Waals surface area contributed by atoms with Crippen LogP contribution in [0.5, 0.6) is 11.5 Å². The second-order valence-corrected chi connectivity index (χ2v) is 12.7. The third kappa shape index (κ3) is 5.40. The minimum atomic E-state index is -4.03. The lowest BCUT2D eigenvalue weighted by Crippen LogP contribution is -2.29. The van der Waals surface area contributed by atoms with Gasteiger partial charge in [0.25, 0.3) is 15.6 Å². The van der Waals surface area contributed by atoms with Crippen molar-refractivity contribution in [3.05, 3.63) is 119 Å². The van der Waals surface area contributed by atoms with E-state index in [0.717, 1.165) is 5.56 Å². The van der Waals surface area contributed by atoms with E-state index in [2.05, 4.69) is 25.0 Å². The number of hydrogen-bond acceptors (Lipinski definition) is 9. The number of benzene rings is 3. The maximum absolute atomic E-state index is 13.8. The Kier molecular flexibility index (Phi) is 7.13. The number of aromatic hydroxyl groups is 2. The highest BCUT2D eigenvalue weighted by Crippen LogP contribution is 2.37. The average Bonchev–Trinajstić information content (AvgIpc) is 3.65. The molecule has 0 aliphatic heterocycles. The molecule has 0 saturated carbocycles. The summed E-state index contributed by atoms with van der Waals surface area (Å²) in [6.45, 7) is 3.74. The van der Waals surface area contributed by atoms with Crippen molar-refractivity contribution in [2.24, 2.45) is 0 Å². The Hall–Kier alpha value is -6.15. The smallest absolute Gasteiger partial charge is 0.282 e. The number of hydrogen-bond donors (Lipinski definition) is 5. The monoisotopic (exact) mass is 648 g/mol. The molecule has 236 valence electrons. The molecule has 4 heterocycles. The van der Waals surface area contributed by atoms with Crippen molar-refractivity contribution in [2.45, 2.75) is 24.8 Å². The highest BCUT2D eigenvalue weighted by Gasteiger charge is 2.23. The number of anilines is 2. The molecule has 1 unspecified atom stereocenters. The highest BCUT2D eigenvalue weighted by atomic mass is 32.2. The van der Waals surface area contributed by atoms with Crippen LogP contribution in [-0.4, -0.2) is 47.8 Å². The molecular weight excluding hydrogens is 620 g/mol. The number of sulfonamides is 1. The molecule has 47 heavy (non-hydrogen) atoms. The zero-order valence-electron chi connectivity index (χ0n) is 25.1. The standard InChI is InChI=1S/C33H28N8O5S/c1-19-12-13-40-29(19)33(44)41(23-6-4-3-5-7-23)32(38-40)20(2)37-31-28-27(17-34-30(28)35-18-36-31)21-14-22(16-25(43)15-21)39-47(45,46)26-10-8-24(42)9-11-26/h3-18,20,39,42-43H,1-2H3,(H2,34,35,36,37). The van der Waals surface area contributed by atoms with Crippen LogP contribution in [0, 0.1) is 6.92 Å². The summed E-state index contributed by atoms with van der Waals surface area (Å²) in [6.07, 6.45) is 4.84. The first-order chi connectivity index (χ1) is 22.6. The number of phenolic OH excluding ortho intramolecular Hbond substituents is 2. The van der Waals surface area contributed by atoms with Gasteiger partial charge in [-0.3, -0.25) is 14.1 Å². The maximum atomic E-state index is 13.8. The number of phenols is 2. The fourth-order valence-corrected chi connectivity index (χ4v) is 6.61. The summed E-state index contributed by atoms with van der Waals surface area (Å²) in [4.78, 5) is 25.8. The minimum absolute atomic E-state index is 0.0583. The molecule has 1 atom stereocenters. The number of rotatable bonds is 8. The van der Waals surface area contributed by atoms with Crippen LogP contribution < -0.4 is 15.6 Å². The Bertz CT molecular complexity index is 2450. The van der Waals surface area contributed by atoms with Crippen molar-refractivity contribution < 1.29 is 18.6 Å². The van der Waals surface area contributed by atoms with Gasteiger partial charge in [0.05, 0.1) is 27.7 Å². The first-order valence-corrected chi connectivity index (χ1v) is 16.0. The zero-order valence-corrected chi connectivity index (χ0v) is 25.9. The zero-order chi connectivity index (χ0) is 32.9. The Morgan fingerprint density at radius 2 is 1.70 bits per heavy atom. The quantitative estimate of drug-likeness (QED) is 0.150. The van der Waals surface area contributed by atoms with E-state index in [9.17, 15) is 23.4 Å². The first-order valence-electron chi connectivity index (χ1n) is 14.5. The molecule has 0 aliphatic carbocycles. The third-order valence-corrected chi connectivity index (χ3v) is 9.16. The normalized spacial score (nSPS) is 12.4. The van der Waals surface area contributed by atoms with Gasteiger partial charge in [0.2, 0.25) is 0 Å². The Morgan fingerprint density at radius 1 is 0.936 bits per heavy atom. The molecule has 4 aromatic heterocycles. The van der Waals surface area contributed by atoms with E-state index in [0.29, 0.717) is 45.0 Å². The molecule has 7 rings (SSSR count). The van der Waals surface area contributed by atoms with Crippen molar-refractivity contribution in [1.29, 1.82) is 0 Å². The van der Waals surface area contributed by atoms with Crippen LogP contribution in [0.2, 0.25) is 0 Å². The lowest BCUT2D eigenvalue weighted by Gasteiger charge is -2.20. The number of para-hydroxylation sites is 1. The van der Waals surface area contributed by atoms with Crippen LogP contribution in [0.1, 0.15) is 24.4 Å². The minimum Gasteiger partial charge on any atom is -0.508 e. The van der Waals surface area contributed by atoms with Crippen LogP contribution in [-0.2, 0) is 10.0 Å². The van der Waals surface area contributed by atoms with Crippen molar-refractivity contribution in [2.75, 3.05) is 10.0 Å². The largest absolute Gasteiger partial charge is 0.508 e. The van der Waals surface area contributed by atoms with E-state index in [4.69, 9.17) is 5.10 Å². The Balaban J connectivity index is 1.29. The second-order valence-electron chi connectivity index (χ2n) is 11.0. The van der Waals surface area contributed by atoms with Crippen LogP contribution in [0.15, 0.2) is 107 Å². The highest BCUT2D eigenvalue weighted by molar-refractivity contribution is 7.92. The van der Waals surface area contributed by atoms with E-state index < -0.39 is 16.1 Å². The number of nitrogens with one attached hydrogen (secondary N) is 3. The molecule has 0 radical (unpaired) electrons. The van der Waals surface area contributed by atoms with Gasteiger partial charge in [-0.2, -0.15) is 5.10 Å². The number of aryl methyl sites for hydroxylation is 1. The second kappa shape index (κ2) is 11.3. The first kappa shape index (κ1) is 29.6. The number of fused-ring (bicyclic) bond motifs is 2. The van der Waals surface area contributed by atoms with Crippen LogP contribution in [0.25, 0.3) is 33.4 Å². The number of nitrogens with zero attached hydrogens (tertiary/aromatic N) is 5. The topological polar surface area (TPSA) is 180 Å². The van der Waals surface area contributed by atoms with Crippen molar-refractivity contribution in [3.8, 4) is 28.3 Å². The van der Waals surface area contributed by atoms with Gasteiger partial charge in [-0.25, -0.2) is 22.9 Å². The summed E-state index contributed by atoms with van der Waals surface area (Å²) < 4.78 is 31.7. The molecule has 14 heteroatoms. The van der Waals surface area contributed by atoms with Gasteiger partial charge in [-0.15, -0.1) is 0 Å². The van der Waals surface area contributed by atoms with Crippen molar-refractivity contribution >= 4 is 38.1 Å². The van der Waals surface area contributed by atoms with Crippen LogP contribution >= 0.6 is 0 Å². The van der Waals surface area contributed by atoms with Gasteiger partial charge in [0, 0.05) is 24.0 Å². The van der Waals surface area contributed by atoms with Gasteiger partial charge in [-0.1, -0.05) is 18.2 Å². The molecule has 3 aromatic carbocycles. The van der Waals surface area contributed by atoms with E-state index in [1.807, 2.05) is 50.2 Å². The summed E-state index contributed by atoms with van der Waals surface area (Å²) in [5.41, 5.74) is 3.41. The molecule has 0 fully saturated rings. The van der Waals surface area contributed by atoms with Gasteiger partial charge in [0.1, 0.15) is 34.8 Å². The fourth-order valence-electron chi connectivity index (χ4n) is 5.57. The number of aromatic amines is 1. The van der Waals surface area contributed by atoms with Gasteiger partial charge < -0.3 is 20.5 Å².